The molecule has 0 aromatic heterocycles. The zero-order valence-electron chi connectivity index (χ0n) is 11.0. The maximum absolute atomic E-state index is 12.2. The molecule has 3 atom stereocenters. The molecule has 0 spiro atoms. The minimum Gasteiger partial charge on any atom is -0.481 e. The van der Waals surface area contributed by atoms with Crippen molar-refractivity contribution in [3.05, 3.63) is 0 Å². The summed E-state index contributed by atoms with van der Waals surface area (Å²) in [7, 11) is 0. The molecule has 0 bridgehead atoms. The SMILES string of the molecule is CCC(C)C(=O)N1C[C@H]2COCC[C@@]2(C(=O)O)C1. The van der Waals surface area contributed by atoms with Crippen LogP contribution in [0.4, 0.5) is 0 Å². The zero-order valence-corrected chi connectivity index (χ0v) is 11.0. The van der Waals surface area contributed by atoms with Crippen molar-refractivity contribution in [1.29, 1.82) is 0 Å². The van der Waals surface area contributed by atoms with E-state index in [1.165, 1.54) is 0 Å². The molecule has 2 aliphatic rings. The van der Waals surface area contributed by atoms with Gasteiger partial charge in [0.2, 0.25) is 5.91 Å². The lowest BCUT2D eigenvalue weighted by Crippen LogP contribution is -2.45. The van der Waals surface area contributed by atoms with Crippen LogP contribution in [0.1, 0.15) is 26.7 Å². The zero-order chi connectivity index (χ0) is 13.3. The van der Waals surface area contributed by atoms with E-state index in [1.54, 1.807) is 4.90 Å². The van der Waals surface area contributed by atoms with Crippen LogP contribution in [0.15, 0.2) is 0 Å². The van der Waals surface area contributed by atoms with E-state index >= 15 is 0 Å². The van der Waals surface area contributed by atoms with Crippen LogP contribution in [0.3, 0.4) is 0 Å². The third-order valence-electron chi connectivity index (χ3n) is 4.48. The highest BCUT2D eigenvalue weighted by Crippen LogP contribution is 2.42. The first-order valence-corrected chi connectivity index (χ1v) is 6.61. The number of carboxylic acids is 1. The number of rotatable bonds is 3. The first-order valence-electron chi connectivity index (χ1n) is 6.61. The molecule has 5 heteroatoms. The summed E-state index contributed by atoms with van der Waals surface area (Å²) in [5.74, 6) is -0.795. The minimum absolute atomic E-state index is 0.0306. The maximum Gasteiger partial charge on any atom is 0.311 e. The Kier molecular flexibility index (Phi) is 3.61. The Morgan fingerprint density at radius 3 is 2.83 bits per heavy atom. The van der Waals surface area contributed by atoms with Crippen LogP contribution in [-0.2, 0) is 14.3 Å². The summed E-state index contributed by atoms with van der Waals surface area (Å²) in [4.78, 5) is 25.5. The molecule has 18 heavy (non-hydrogen) atoms. The Bertz CT molecular complexity index is 357. The predicted octanol–water partition coefficient (Wildman–Crippen LogP) is 0.982. The highest BCUT2D eigenvalue weighted by molar-refractivity contribution is 5.82. The topological polar surface area (TPSA) is 66.8 Å². The number of ether oxygens (including phenoxy) is 1. The number of amides is 1. The lowest BCUT2D eigenvalue weighted by Gasteiger charge is -2.33. The van der Waals surface area contributed by atoms with E-state index in [0.717, 1.165) is 6.42 Å². The molecule has 2 rings (SSSR count). The van der Waals surface area contributed by atoms with Crippen LogP contribution < -0.4 is 0 Å². The van der Waals surface area contributed by atoms with Gasteiger partial charge in [0, 0.05) is 31.5 Å². The van der Waals surface area contributed by atoms with Crippen LogP contribution >= 0.6 is 0 Å². The van der Waals surface area contributed by atoms with Gasteiger partial charge < -0.3 is 14.7 Å². The summed E-state index contributed by atoms with van der Waals surface area (Å²) in [5, 5.41) is 9.50. The summed E-state index contributed by atoms with van der Waals surface area (Å²) in [5.41, 5.74) is -0.776. The molecule has 2 heterocycles. The van der Waals surface area contributed by atoms with Gasteiger partial charge in [0.15, 0.2) is 0 Å². The van der Waals surface area contributed by atoms with Crippen LogP contribution in [0.5, 0.6) is 0 Å². The number of hydrogen-bond donors (Lipinski definition) is 1. The number of hydrogen-bond acceptors (Lipinski definition) is 3. The van der Waals surface area contributed by atoms with E-state index in [-0.39, 0.29) is 17.7 Å². The standard InChI is InChI=1S/C13H21NO4/c1-3-9(2)11(15)14-6-10-7-18-5-4-13(10,8-14)12(16)17/h9-10H,3-8H2,1-2H3,(H,16,17)/t9?,10-,13+/m0/s1. The number of likely N-dealkylation sites (tertiary alicyclic amines) is 1. The molecule has 1 N–H and O–H groups in total. The van der Waals surface area contributed by atoms with Gasteiger partial charge in [0.1, 0.15) is 0 Å². The molecule has 0 aromatic carbocycles. The van der Waals surface area contributed by atoms with E-state index in [9.17, 15) is 14.7 Å². The van der Waals surface area contributed by atoms with Gasteiger partial charge in [0.25, 0.3) is 0 Å². The molecule has 2 saturated heterocycles. The van der Waals surface area contributed by atoms with Gasteiger partial charge >= 0.3 is 5.97 Å². The molecule has 1 amide bonds. The number of carbonyl (C=O) groups is 2. The van der Waals surface area contributed by atoms with E-state index in [2.05, 4.69) is 0 Å². The summed E-state index contributed by atoms with van der Waals surface area (Å²) in [6.45, 7) is 5.68. The first kappa shape index (κ1) is 13.3. The Labute approximate surface area is 107 Å². The lowest BCUT2D eigenvalue weighted by molar-refractivity contribution is -0.157. The van der Waals surface area contributed by atoms with Crippen molar-refractivity contribution in [3.63, 3.8) is 0 Å². The van der Waals surface area contributed by atoms with Gasteiger partial charge in [-0.1, -0.05) is 13.8 Å². The molecule has 0 aromatic rings. The predicted molar refractivity (Wildman–Crippen MR) is 65.0 cm³/mol. The quantitative estimate of drug-likeness (QED) is 0.816. The fourth-order valence-electron chi connectivity index (χ4n) is 2.95. The fourth-order valence-corrected chi connectivity index (χ4v) is 2.95. The molecule has 1 unspecified atom stereocenters. The van der Waals surface area contributed by atoms with E-state index in [4.69, 9.17) is 4.74 Å². The van der Waals surface area contributed by atoms with E-state index in [1.807, 2.05) is 13.8 Å². The van der Waals surface area contributed by atoms with Gasteiger partial charge in [-0.3, -0.25) is 9.59 Å². The third kappa shape index (κ3) is 2.00. The van der Waals surface area contributed by atoms with Crippen molar-refractivity contribution in [2.45, 2.75) is 26.7 Å². The lowest BCUT2D eigenvalue weighted by atomic mass is 9.74. The van der Waals surface area contributed by atoms with Crippen molar-refractivity contribution < 1.29 is 19.4 Å². The Morgan fingerprint density at radius 2 is 2.28 bits per heavy atom. The monoisotopic (exact) mass is 255 g/mol. The molecular formula is C13H21NO4. The summed E-state index contributed by atoms with van der Waals surface area (Å²) in [6.07, 6.45) is 1.30. The van der Waals surface area contributed by atoms with Gasteiger partial charge in [-0.05, 0) is 12.8 Å². The van der Waals surface area contributed by atoms with Crippen molar-refractivity contribution in [1.82, 2.24) is 4.90 Å². The highest BCUT2D eigenvalue weighted by atomic mass is 16.5. The number of carbonyl (C=O) groups excluding carboxylic acids is 1. The smallest absolute Gasteiger partial charge is 0.311 e. The molecule has 0 aliphatic carbocycles. The minimum atomic E-state index is -0.782. The van der Waals surface area contributed by atoms with E-state index < -0.39 is 11.4 Å². The Morgan fingerprint density at radius 1 is 1.56 bits per heavy atom. The molecule has 2 fully saturated rings. The second-order valence-electron chi connectivity index (χ2n) is 5.51. The van der Waals surface area contributed by atoms with Crippen molar-refractivity contribution in [2.75, 3.05) is 26.3 Å². The molecular weight excluding hydrogens is 234 g/mol. The van der Waals surface area contributed by atoms with Crippen LogP contribution in [-0.4, -0.2) is 48.2 Å². The summed E-state index contributed by atoms with van der Waals surface area (Å²) in [6, 6.07) is 0. The van der Waals surface area contributed by atoms with Crippen LogP contribution in [0.2, 0.25) is 0 Å². The number of nitrogens with zero attached hydrogens (tertiary/aromatic N) is 1. The molecule has 102 valence electrons. The molecule has 2 aliphatic heterocycles. The second-order valence-corrected chi connectivity index (χ2v) is 5.51. The van der Waals surface area contributed by atoms with Gasteiger partial charge in [-0.2, -0.15) is 0 Å². The van der Waals surface area contributed by atoms with Crippen molar-refractivity contribution in [3.8, 4) is 0 Å². The van der Waals surface area contributed by atoms with Crippen LogP contribution in [0, 0.1) is 17.3 Å². The van der Waals surface area contributed by atoms with E-state index in [0.29, 0.717) is 32.7 Å². The number of aliphatic carboxylic acids is 1. The molecule has 5 nitrogen and oxygen atoms in total. The first-order chi connectivity index (χ1) is 8.51. The third-order valence-corrected chi connectivity index (χ3v) is 4.48. The largest absolute Gasteiger partial charge is 0.481 e. The summed E-state index contributed by atoms with van der Waals surface area (Å²) >= 11 is 0. The van der Waals surface area contributed by atoms with Crippen LogP contribution in [0.25, 0.3) is 0 Å². The second kappa shape index (κ2) is 4.88. The number of carboxylic acid groups (broad SMARTS) is 1. The molecule has 0 saturated carbocycles. The Hall–Kier alpha value is -1.10. The van der Waals surface area contributed by atoms with Crippen molar-refractivity contribution >= 4 is 11.9 Å². The number of fused-ring (bicyclic) bond motifs is 1. The van der Waals surface area contributed by atoms with Gasteiger partial charge in [-0.15, -0.1) is 0 Å². The molecule has 0 radical (unpaired) electrons. The fraction of sp³-hybridized carbons (Fsp3) is 0.846. The van der Waals surface area contributed by atoms with Gasteiger partial charge in [-0.25, -0.2) is 0 Å². The maximum atomic E-state index is 12.2. The van der Waals surface area contributed by atoms with Gasteiger partial charge in [0.05, 0.1) is 12.0 Å². The Balaban J connectivity index is 2.16. The summed E-state index contributed by atoms with van der Waals surface area (Å²) < 4.78 is 5.37. The average Bonchev–Trinajstić information content (AvgIpc) is 2.77. The normalized spacial score (nSPS) is 33.0. The van der Waals surface area contributed by atoms with Crippen molar-refractivity contribution in [2.24, 2.45) is 17.3 Å². The average molecular weight is 255 g/mol. The highest BCUT2D eigenvalue weighted by Gasteiger charge is 2.55.